The van der Waals surface area contributed by atoms with Crippen molar-refractivity contribution in [3.05, 3.63) is 47.6 Å². The van der Waals surface area contributed by atoms with E-state index >= 15 is 0 Å². The largest absolute Gasteiger partial charge is 0.355 e. The van der Waals surface area contributed by atoms with Crippen LogP contribution in [0.5, 0.6) is 0 Å². The number of sulfonamides is 1. The minimum absolute atomic E-state index is 0.0609. The second kappa shape index (κ2) is 8.44. The molecule has 0 spiro atoms. The highest BCUT2D eigenvalue weighted by atomic mass is 32.2. The molecular weight excluding hydrogens is 363 g/mol. The highest BCUT2D eigenvalue weighted by Gasteiger charge is 2.29. The van der Waals surface area contributed by atoms with E-state index in [0.717, 1.165) is 22.1 Å². The van der Waals surface area contributed by atoms with E-state index in [1.807, 2.05) is 13.8 Å². The molecule has 0 radical (unpaired) electrons. The zero-order valence-electron chi connectivity index (χ0n) is 14.1. The SMILES string of the molecule is CC(C)CCNC(=O)CN(c1ccccc1F)S(=O)(=O)c1cccs1. The normalized spacial score (nSPS) is 11.5. The lowest BCUT2D eigenvalue weighted by atomic mass is 10.1. The van der Waals surface area contributed by atoms with Crippen LogP contribution in [0.15, 0.2) is 46.0 Å². The average Bonchev–Trinajstić information content (AvgIpc) is 3.08. The maximum absolute atomic E-state index is 14.2. The van der Waals surface area contributed by atoms with Crippen LogP contribution in [0.2, 0.25) is 0 Å². The van der Waals surface area contributed by atoms with Crippen LogP contribution < -0.4 is 9.62 Å². The van der Waals surface area contributed by atoms with Crippen LogP contribution in [0.1, 0.15) is 20.3 Å². The number of hydrogen-bond acceptors (Lipinski definition) is 4. The number of carbonyl (C=O) groups excluding carboxylic acids is 1. The number of carbonyl (C=O) groups is 1. The predicted octanol–water partition coefficient (Wildman–Crippen LogP) is 3.24. The molecule has 0 saturated heterocycles. The maximum Gasteiger partial charge on any atom is 0.274 e. The number of halogens is 1. The van der Waals surface area contributed by atoms with Crippen LogP contribution in [0.25, 0.3) is 0 Å². The molecule has 1 aromatic carbocycles. The van der Waals surface area contributed by atoms with Crippen molar-refractivity contribution >= 4 is 33.0 Å². The molecule has 1 aromatic heterocycles. The number of rotatable bonds is 8. The topological polar surface area (TPSA) is 66.5 Å². The Balaban J connectivity index is 2.28. The van der Waals surface area contributed by atoms with Gasteiger partial charge in [-0.2, -0.15) is 0 Å². The lowest BCUT2D eigenvalue weighted by Gasteiger charge is -2.23. The van der Waals surface area contributed by atoms with Gasteiger partial charge in [0, 0.05) is 6.54 Å². The second-order valence-electron chi connectivity index (χ2n) is 5.93. The fourth-order valence-corrected chi connectivity index (χ4v) is 4.69. The lowest BCUT2D eigenvalue weighted by Crippen LogP contribution is -2.41. The molecule has 1 N–H and O–H groups in total. The van der Waals surface area contributed by atoms with Crippen LogP contribution >= 0.6 is 11.3 Å². The summed E-state index contributed by atoms with van der Waals surface area (Å²) in [5, 5.41) is 4.31. The van der Waals surface area contributed by atoms with E-state index in [1.165, 1.54) is 30.3 Å². The number of hydrogen-bond donors (Lipinski definition) is 1. The molecule has 2 rings (SSSR count). The third-order valence-electron chi connectivity index (χ3n) is 3.49. The summed E-state index contributed by atoms with van der Waals surface area (Å²) in [7, 11) is -4.02. The van der Waals surface area contributed by atoms with E-state index < -0.39 is 28.3 Å². The number of amides is 1. The smallest absolute Gasteiger partial charge is 0.274 e. The second-order valence-corrected chi connectivity index (χ2v) is 8.96. The van der Waals surface area contributed by atoms with Gasteiger partial charge in [-0.25, -0.2) is 12.8 Å². The van der Waals surface area contributed by atoms with Gasteiger partial charge in [-0.05, 0) is 35.9 Å². The number of nitrogens with zero attached hydrogens (tertiary/aromatic N) is 1. The number of anilines is 1. The zero-order valence-corrected chi connectivity index (χ0v) is 15.7. The van der Waals surface area contributed by atoms with Gasteiger partial charge < -0.3 is 5.32 Å². The van der Waals surface area contributed by atoms with Crippen molar-refractivity contribution < 1.29 is 17.6 Å². The molecule has 1 heterocycles. The molecule has 136 valence electrons. The van der Waals surface area contributed by atoms with Gasteiger partial charge >= 0.3 is 0 Å². The third kappa shape index (κ3) is 5.02. The quantitative estimate of drug-likeness (QED) is 0.760. The van der Waals surface area contributed by atoms with Crippen molar-refractivity contribution in [2.24, 2.45) is 5.92 Å². The number of para-hydroxylation sites is 1. The molecule has 2 aromatic rings. The summed E-state index contributed by atoms with van der Waals surface area (Å²) in [6.45, 7) is 4.03. The molecule has 0 unspecified atom stereocenters. The first-order valence-corrected chi connectivity index (χ1v) is 10.2. The Morgan fingerprint density at radius 3 is 2.56 bits per heavy atom. The molecule has 0 aliphatic carbocycles. The summed E-state index contributed by atoms with van der Waals surface area (Å²) < 4.78 is 40.8. The van der Waals surface area contributed by atoms with Gasteiger partial charge in [-0.15, -0.1) is 11.3 Å². The number of benzene rings is 1. The van der Waals surface area contributed by atoms with Crippen LogP contribution in [0.4, 0.5) is 10.1 Å². The van der Waals surface area contributed by atoms with E-state index in [2.05, 4.69) is 5.32 Å². The van der Waals surface area contributed by atoms with Crippen LogP contribution in [0, 0.1) is 11.7 Å². The fraction of sp³-hybridized carbons (Fsp3) is 0.353. The molecule has 8 heteroatoms. The van der Waals surface area contributed by atoms with E-state index in [1.54, 1.807) is 11.4 Å². The standard InChI is InChI=1S/C17H21FN2O3S2/c1-13(2)9-10-19-16(21)12-20(15-7-4-3-6-14(15)18)25(22,23)17-8-5-11-24-17/h3-8,11,13H,9-10,12H2,1-2H3,(H,19,21). The molecular formula is C17H21FN2O3S2. The summed E-state index contributed by atoms with van der Waals surface area (Å²) in [5.74, 6) is -0.750. The number of nitrogens with one attached hydrogen (secondary N) is 1. The van der Waals surface area contributed by atoms with Gasteiger partial charge in [0.25, 0.3) is 10.0 Å². The summed E-state index contributed by atoms with van der Waals surface area (Å²) in [6, 6.07) is 8.55. The van der Waals surface area contributed by atoms with Crippen molar-refractivity contribution in [2.45, 2.75) is 24.5 Å². The molecule has 0 atom stereocenters. The fourth-order valence-electron chi connectivity index (χ4n) is 2.16. The Kier molecular flexibility index (Phi) is 6.55. The van der Waals surface area contributed by atoms with Crippen LogP contribution in [-0.2, 0) is 14.8 Å². The Labute approximate surface area is 151 Å². The number of thiophene rings is 1. The molecule has 1 amide bonds. The van der Waals surface area contributed by atoms with Gasteiger partial charge in [-0.3, -0.25) is 9.10 Å². The highest BCUT2D eigenvalue weighted by molar-refractivity contribution is 7.94. The zero-order chi connectivity index (χ0) is 18.4. The highest BCUT2D eigenvalue weighted by Crippen LogP contribution is 2.28. The molecule has 5 nitrogen and oxygen atoms in total. The van der Waals surface area contributed by atoms with Crippen molar-refractivity contribution in [3.63, 3.8) is 0 Å². The van der Waals surface area contributed by atoms with Crippen molar-refractivity contribution in [3.8, 4) is 0 Å². The lowest BCUT2D eigenvalue weighted by molar-refractivity contribution is -0.119. The molecule has 0 fully saturated rings. The Hall–Kier alpha value is -1.93. The predicted molar refractivity (Wildman–Crippen MR) is 97.7 cm³/mol. The Morgan fingerprint density at radius 1 is 1.24 bits per heavy atom. The first kappa shape index (κ1) is 19.4. The van der Waals surface area contributed by atoms with E-state index in [0.29, 0.717) is 12.5 Å². The van der Waals surface area contributed by atoms with E-state index in [9.17, 15) is 17.6 Å². The Bertz CT molecular complexity index is 805. The minimum Gasteiger partial charge on any atom is -0.355 e. The van der Waals surface area contributed by atoms with Gasteiger partial charge in [0.1, 0.15) is 16.6 Å². The van der Waals surface area contributed by atoms with Crippen LogP contribution in [-0.4, -0.2) is 27.4 Å². The van der Waals surface area contributed by atoms with Crippen molar-refractivity contribution in [1.82, 2.24) is 5.32 Å². The van der Waals surface area contributed by atoms with Crippen molar-refractivity contribution in [1.29, 1.82) is 0 Å². The molecule has 25 heavy (non-hydrogen) atoms. The van der Waals surface area contributed by atoms with Crippen molar-refractivity contribution in [2.75, 3.05) is 17.4 Å². The van der Waals surface area contributed by atoms with Gasteiger partial charge in [0.2, 0.25) is 5.91 Å². The minimum atomic E-state index is -4.02. The van der Waals surface area contributed by atoms with Crippen LogP contribution in [0.3, 0.4) is 0 Å². The molecule has 0 aliphatic rings. The Morgan fingerprint density at radius 2 is 1.96 bits per heavy atom. The van der Waals surface area contributed by atoms with E-state index in [4.69, 9.17) is 0 Å². The summed E-state index contributed by atoms with van der Waals surface area (Å²) >= 11 is 1.02. The summed E-state index contributed by atoms with van der Waals surface area (Å²) in [4.78, 5) is 12.2. The first-order chi connectivity index (χ1) is 11.8. The molecule has 0 aliphatic heterocycles. The monoisotopic (exact) mass is 384 g/mol. The summed E-state index contributed by atoms with van der Waals surface area (Å²) in [5.41, 5.74) is -0.144. The van der Waals surface area contributed by atoms with Gasteiger partial charge in [0.05, 0.1) is 5.69 Å². The third-order valence-corrected chi connectivity index (χ3v) is 6.62. The van der Waals surface area contributed by atoms with Gasteiger partial charge in [-0.1, -0.05) is 32.0 Å². The van der Waals surface area contributed by atoms with E-state index in [-0.39, 0.29) is 9.90 Å². The summed E-state index contributed by atoms with van der Waals surface area (Å²) in [6.07, 6.45) is 0.781. The van der Waals surface area contributed by atoms with Gasteiger partial charge in [0.15, 0.2) is 0 Å². The molecule has 0 saturated carbocycles. The first-order valence-electron chi connectivity index (χ1n) is 7.90. The molecule has 0 bridgehead atoms. The maximum atomic E-state index is 14.2. The average molecular weight is 384 g/mol.